The van der Waals surface area contributed by atoms with Crippen molar-refractivity contribution in [2.45, 2.75) is 0 Å². The maximum absolute atomic E-state index is 0. The van der Waals surface area contributed by atoms with Crippen LogP contribution in [0.5, 0.6) is 0 Å². The summed E-state index contributed by atoms with van der Waals surface area (Å²) in [4.78, 5) is 0. The van der Waals surface area contributed by atoms with Gasteiger partial charge in [-0.15, -0.1) is 0 Å². The Morgan fingerprint density at radius 3 is 1.00 bits per heavy atom. The largest absolute Gasteiger partial charge is 0 e. The van der Waals surface area contributed by atoms with Gasteiger partial charge in [-0.3, -0.25) is 0 Å². The fourth-order valence-electron chi connectivity index (χ4n) is 0. The van der Waals surface area contributed by atoms with Crippen LogP contribution in [0.25, 0.3) is 0 Å². The van der Waals surface area contributed by atoms with Crippen molar-refractivity contribution >= 4 is 36.5 Å². The molecular weight excluding hydrogens is 146 g/mol. The van der Waals surface area contributed by atoms with Gasteiger partial charge in [-0.05, 0) is 0 Å². The molecule has 0 unspecified atom stereocenters. The SMILES string of the molecule is O.[GeH4].[LiH].[V]. The standard InChI is InChI=1S/GeH4.Li.H2O.V.H/h1H4;;1H2;;. The van der Waals surface area contributed by atoms with Crippen LogP contribution in [0.15, 0.2) is 0 Å². The molecule has 0 atom stereocenters. The van der Waals surface area contributed by atoms with Crippen LogP contribution in [-0.2, 0) is 18.6 Å². The van der Waals surface area contributed by atoms with E-state index in [9.17, 15) is 0 Å². The van der Waals surface area contributed by atoms with Crippen LogP contribution in [0.1, 0.15) is 0 Å². The van der Waals surface area contributed by atoms with Crippen molar-refractivity contribution in [3.8, 4) is 0 Å². The van der Waals surface area contributed by atoms with Crippen LogP contribution >= 0.6 is 0 Å². The predicted molar refractivity (Wildman–Crippen MR) is 22.1 cm³/mol. The Hall–Kier alpha value is 1.68. The van der Waals surface area contributed by atoms with Crippen molar-refractivity contribution in [3.05, 3.63) is 0 Å². The van der Waals surface area contributed by atoms with Gasteiger partial charge in [-0.1, -0.05) is 0 Å². The van der Waals surface area contributed by atoms with E-state index in [4.69, 9.17) is 0 Å². The van der Waals surface area contributed by atoms with Gasteiger partial charge in [-0.25, -0.2) is 0 Å². The zero-order valence-electron chi connectivity index (χ0n) is 0.947. The van der Waals surface area contributed by atoms with E-state index in [0.717, 1.165) is 0 Å². The monoisotopic (exact) mass is 155 g/mol. The quantitative estimate of drug-likeness (QED) is 0.334. The third kappa shape index (κ3) is 9.36. The molecule has 0 aromatic carbocycles. The van der Waals surface area contributed by atoms with Gasteiger partial charge >= 0.3 is 36.5 Å². The van der Waals surface area contributed by atoms with Gasteiger partial charge in [0.25, 0.3) is 0 Å². The minimum absolute atomic E-state index is 0. The molecule has 2 N–H and O–H groups in total. The van der Waals surface area contributed by atoms with E-state index in [0.29, 0.717) is 0 Å². The van der Waals surface area contributed by atoms with Gasteiger partial charge in [0, 0.05) is 18.6 Å². The molecule has 0 bridgehead atoms. The fraction of sp³-hybridized carbons (Fsp3) is 0. The summed E-state index contributed by atoms with van der Waals surface area (Å²) in [5, 5.41) is 0. The van der Waals surface area contributed by atoms with Crippen LogP contribution in [-0.4, -0.2) is 41.9 Å². The Bertz CT molecular complexity index is 8.00. The third-order valence-corrected chi connectivity index (χ3v) is 0. The molecule has 0 spiro atoms. The molecule has 0 saturated carbocycles. The predicted octanol–water partition coefficient (Wildman–Crippen LogP) is -2.93. The van der Waals surface area contributed by atoms with E-state index >= 15 is 0 Å². The molecule has 1 radical (unpaired) electrons. The first-order valence-electron chi connectivity index (χ1n) is 0. The molecule has 4 heavy (non-hydrogen) atoms. The van der Waals surface area contributed by atoms with Gasteiger partial charge in [0.15, 0.2) is 0 Å². The minimum Gasteiger partial charge on any atom is 0 e. The maximum Gasteiger partial charge on any atom is 0 e. The molecule has 0 amide bonds. The number of hydrogen-bond donors (Lipinski definition) is 0. The molecule has 0 aliphatic heterocycles. The molecule has 0 rings (SSSR count). The Balaban J connectivity index is 0. The zero-order chi connectivity index (χ0) is 0. The van der Waals surface area contributed by atoms with Crippen LogP contribution < -0.4 is 0 Å². The van der Waals surface area contributed by atoms with Crippen LogP contribution in [0.4, 0.5) is 0 Å². The van der Waals surface area contributed by atoms with Crippen molar-refractivity contribution in [3.63, 3.8) is 0 Å². The topological polar surface area (TPSA) is 31.5 Å². The van der Waals surface area contributed by atoms with E-state index in [-0.39, 0.29) is 60.5 Å². The Labute approximate surface area is 60.3 Å². The van der Waals surface area contributed by atoms with Gasteiger partial charge < -0.3 is 5.48 Å². The summed E-state index contributed by atoms with van der Waals surface area (Å²) in [6.45, 7) is 0. The second-order valence-electron chi connectivity index (χ2n) is 0. The van der Waals surface area contributed by atoms with E-state index in [1.165, 1.54) is 0 Å². The van der Waals surface area contributed by atoms with E-state index in [1.54, 1.807) is 0 Å². The minimum atomic E-state index is 0. The zero-order valence-corrected chi connectivity index (χ0v) is 2.34. The van der Waals surface area contributed by atoms with Crippen molar-refractivity contribution in [1.82, 2.24) is 0 Å². The molecule has 0 aromatic rings. The number of hydrogen-bond acceptors (Lipinski definition) is 0. The molecule has 23 valence electrons. The molecular formula is H7GeLiOV. The van der Waals surface area contributed by atoms with E-state index in [1.807, 2.05) is 0 Å². The first kappa shape index (κ1) is 44.0. The van der Waals surface area contributed by atoms with Crippen molar-refractivity contribution in [1.29, 1.82) is 0 Å². The van der Waals surface area contributed by atoms with Crippen molar-refractivity contribution in [2.24, 2.45) is 0 Å². The van der Waals surface area contributed by atoms with E-state index in [2.05, 4.69) is 0 Å². The average Bonchev–Trinajstić information content (AvgIpc) is 0. The molecule has 0 heterocycles. The molecule has 0 aliphatic rings. The fourth-order valence-corrected chi connectivity index (χ4v) is 0. The third-order valence-electron chi connectivity index (χ3n) is 0. The maximum atomic E-state index is 0. The summed E-state index contributed by atoms with van der Waals surface area (Å²) >= 11 is 0. The van der Waals surface area contributed by atoms with Gasteiger partial charge in [0.2, 0.25) is 0 Å². The van der Waals surface area contributed by atoms with E-state index < -0.39 is 0 Å². The normalized spacial score (nSPS) is 0. The second-order valence-corrected chi connectivity index (χ2v) is 0. The van der Waals surface area contributed by atoms with Gasteiger partial charge in [-0.2, -0.15) is 0 Å². The Kier molecular flexibility index (Phi) is 246. The molecule has 0 saturated heterocycles. The summed E-state index contributed by atoms with van der Waals surface area (Å²) in [5.74, 6) is 0. The van der Waals surface area contributed by atoms with Crippen LogP contribution in [0, 0.1) is 0 Å². The average molecular weight is 154 g/mol. The van der Waals surface area contributed by atoms with Crippen LogP contribution in [0.2, 0.25) is 0 Å². The van der Waals surface area contributed by atoms with Crippen molar-refractivity contribution < 1.29 is 24.0 Å². The first-order chi connectivity index (χ1) is 0. The molecule has 4 heteroatoms. The molecule has 1 nitrogen and oxygen atoms in total. The van der Waals surface area contributed by atoms with Gasteiger partial charge in [0.05, 0.1) is 0 Å². The smallest absolute Gasteiger partial charge is 0 e. The summed E-state index contributed by atoms with van der Waals surface area (Å²) in [6.07, 6.45) is 0. The summed E-state index contributed by atoms with van der Waals surface area (Å²) in [6, 6.07) is 0. The second kappa shape index (κ2) is 22.4. The summed E-state index contributed by atoms with van der Waals surface area (Å²) in [5.41, 5.74) is 0. The van der Waals surface area contributed by atoms with Gasteiger partial charge in [0.1, 0.15) is 0 Å². The first-order valence-corrected chi connectivity index (χ1v) is 0. The molecule has 0 fully saturated rings. The molecule has 0 aromatic heterocycles. The van der Waals surface area contributed by atoms with Crippen LogP contribution in [0.3, 0.4) is 0 Å². The van der Waals surface area contributed by atoms with Crippen molar-refractivity contribution in [2.75, 3.05) is 0 Å². The molecule has 0 aliphatic carbocycles. The number of rotatable bonds is 0. The Morgan fingerprint density at radius 1 is 1.00 bits per heavy atom. The Morgan fingerprint density at radius 2 is 1.00 bits per heavy atom. The summed E-state index contributed by atoms with van der Waals surface area (Å²) in [7, 11) is 0. The summed E-state index contributed by atoms with van der Waals surface area (Å²) < 4.78 is 0.